The van der Waals surface area contributed by atoms with Crippen LogP contribution in [0.3, 0.4) is 0 Å². The second-order valence-corrected chi connectivity index (χ2v) is 3.57. The van der Waals surface area contributed by atoms with Crippen molar-refractivity contribution in [2.75, 3.05) is 0 Å². The number of nitriles is 2. The van der Waals surface area contributed by atoms with E-state index in [9.17, 15) is 0 Å². The minimum atomic E-state index is 0.120. The first-order valence-corrected chi connectivity index (χ1v) is 5.15. The predicted molar refractivity (Wildman–Crippen MR) is 61.7 cm³/mol. The monoisotopic (exact) mass is 234 g/mol. The van der Waals surface area contributed by atoms with Gasteiger partial charge in [-0.3, -0.25) is 8.97 Å². The molecular weight excluding hydrogens is 228 g/mol. The molecule has 0 bridgehead atoms. The molecule has 0 saturated heterocycles. The lowest BCUT2D eigenvalue weighted by Gasteiger charge is -2.06. The lowest BCUT2D eigenvalue weighted by atomic mass is 10.3. The highest BCUT2D eigenvalue weighted by atomic mass is 15.2. The number of hydrogen-bond acceptors (Lipinski definition) is 4. The van der Waals surface area contributed by atoms with E-state index in [1.165, 1.54) is 6.33 Å². The zero-order chi connectivity index (χ0) is 12.5. The van der Waals surface area contributed by atoms with Crippen molar-refractivity contribution < 1.29 is 0 Å². The topological polar surface area (TPSA) is 82.7 Å². The Morgan fingerprint density at radius 1 is 1.11 bits per heavy atom. The molecule has 0 saturated carbocycles. The van der Waals surface area contributed by atoms with E-state index in [-0.39, 0.29) is 11.4 Å². The number of pyridine rings is 1. The lowest BCUT2D eigenvalue weighted by molar-refractivity contribution is 0.942. The minimum absolute atomic E-state index is 0.120. The molecule has 0 aromatic carbocycles. The van der Waals surface area contributed by atoms with Crippen LogP contribution >= 0.6 is 0 Å². The number of imidazole rings is 2. The number of rotatable bonds is 1. The molecule has 0 aliphatic heterocycles. The molecule has 0 aliphatic carbocycles. The Morgan fingerprint density at radius 2 is 2.00 bits per heavy atom. The summed E-state index contributed by atoms with van der Waals surface area (Å²) in [6.07, 6.45) is 4.93. The molecule has 84 valence electrons. The summed E-state index contributed by atoms with van der Waals surface area (Å²) in [7, 11) is 0. The van der Waals surface area contributed by atoms with Crippen molar-refractivity contribution in [2.24, 2.45) is 0 Å². The Bertz CT molecular complexity index is 811. The first kappa shape index (κ1) is 10.1. The van der Waals surface area contributed by atoms with Crippen LogP contribution in [0.4, 0.5) is 0 Å². The van der Waals surface area contributed by atoms with Crippen LogP contribution in [0, 0.1) is 22.7 Å². The van der Waals surface area contributed by atoms with E-state index in [0.717, 1.165) is 11.5 Å². The summed E-state index contributed by atoms with van der Waals surface area (Å²) in [6.45, 7) is 0. The maximum Gasteiger partial charge on any atom is 0.177 e. The van der Waals surface area contributed by atoms with Crippen molar-refractivity contribution in [3.05, 3.63) is 48.3 Å². The quantitative estimate of drug-likeness (QED) is 0.634. The number of aromatic nitrogens is 4. The van der Waals surface area contributed by atoms with E-state index >= 15 is 0 Å². The highest BCUT2D eigenvalue weighted by molar-refractivity contribution is 5.48. The Hall–Kier alpha value is -3.12. The van der Waals surface area contributed by atoms with Crippen LogP contribution in [0.25, 0.3) is 11.5 Å². The fraction of sp³-hybridized carbons (Fsp3) is 0. The maximum atomic E-state index is 9.12. The van der Waals surface area contributed by atoms with Crippen LogP contribution < -0.4 is 0 Å². The molecule has 3 aromatic rings. The van der Waals surface area contributed by atoms with E-state index in [2.05, 4.69) is 9.97 Å². The van der Waals surface area contributed by atoms with Crippen LogP contribution in [0.5, 0.6) is 0 Å². The van der Waals surface area contributed by atoms with Gasteiger partial charge >= 0.3 is 0 Å². The predicted octanol–water partition coefficient (Wildman–Crippen LogP) is 1.26. The van der Waals surface area contributed by atoms with Gasteiger partial charge in [-0.05, 0) is 12.1 Å². The largest absolute Gasteiger partial charge is 0.285 e. The Kier molecular flexibility index (Phi) is 2.08. The molecule has 0 unspecified atom stereocenters. The molecule has 6 nitrogen and oxygen atoms in total. The van der Waals surface area contributed by atoms with Crippen LogP contribution in [-0.4, -0.2) is 18.9 Å². The zero-order valence-electron chi connectivity index (χ0n) is 9.15. The molecule has 0 N–H and O–H groups in total. The summed E-state index contributed by atoms with van der Waals surface area (Å²) >= 11 is 0. The minimum Gasteiger partial charge on any atom is -0.285 e. The van der Waals surface area contributed by atoms with Gasteiger partial charge in [0.15, 0.2) is 11.4 Å². The normalized spacial score (nSPS) is 10.1. The van der Waals surface area contributed by atoms with Gasteiger partial charge in [0.05, 0.1) is 0 Å². The van der Waals surface area contributed by atoms with Crippen LogP contribution in [0.2, 0.25) is 0 Å². The second kappa shape index (κ2) is 3.72. The molecule has 3 rings (SSSR count). The number of nitrogens with zero attached hydrogens (tertiary/aromatic N) is 6. The van der Waals surface area contributed by atoms with Crippen molar-refractivity contribution in [3.8, 4) is 18.0 Å². The summed E-state index contributed by atoms with van der Waals surface area (Å²) in [6, 6.07) is 9.42. The van der Waals surface area contributed by atoms with Crippen LogP contribution in [0.15, 0.2) is 36.9 Å². The van der Waals surface area contributed by atoms with E-state index < -0.39 is 0 Å². The van der Waals surface area contributed by atoms with Crippen molar-refractivity contribution in [1.29, 1.82) is 10.5 Å². The van der Waals surface area contributed by atoms with Crippen molar-refractivity contribution in [2.45, 2.75) is 0 Å². The molecule has 0 fully saturated rings. The van der Waals surface area contributed by atoms with Gasteiger partial charge in [0.25, 0.3) is 0 Å². The molecule has 0 radical (unpaired) electrons. The van der Waals surface area contributed by atoms with Gasteiger partial charge in [0, 0.05) is 12.4 Å². The average molecular weight is 234 g/mol. The van der Waals surface area contributed by atoms with Crippen molar-refractivity contribution >= 4 is 5.65 Å². The van der Waals surface area contributed by atoms with Crippen LogP contribution in [0.1, 0.15) is 11.4 Å². The van der Waals surface area contributed by atoms with Gasteiger partial charge in [0.2, 0.25) is 0 Å². The summed E-state index contributed by atoms with van der Waals surface area (Å²) < 4.78 is 3.40. The van der Waals surface area contributed by atoms with Gasteiger partial charge < -0.3 is 0 Å². The van der Waals surface area contributed by atoms with Crippen molar-refractivity contribution in [1.82, 2.24) is 18.9 Å². The molecule has 3 aromatic heterocycles. The Labute approximate surface area is 102 Å². The molecule has 18 heavy (non-hydrogen) atoms. The molecule has 0 aliphatic rings. The SMILES string of the molecule is N#Cc1ncn(-c2cccc3nccn23)c1C#N. The van der Waals surface area contributed by atoms with Gasteiger partial charge in [-0.25, -0.2) is 9.97 Å². The molecule has 3 heterocycles. The van der Waals surface area contributed by atoms with Gasteiger partial charge in [0.1, 0.15) is 29.9 Å². The third-order valence-corrected chi connectivity index (χ3v) is 2.63. The number of hydrogen-bond donors (Lipinski definition) is 0. The highest BCUT2D eigenvalue weighted by Gasteiger charge is 2.13. The third-order valence-electron chi connectivity index (χ3n) is 2.63. The third kappa shape index (κ3) is 1.27. The number of fused-ring (bicyclic) bond motifs is 1. The fourth-order valence-electron chi connectivity index (χ4n) is 1.84. The highest BCUT2D eigenvalue weighted by Crippen LogP contribution is 2.15. The molecule has 0 atom stereocenters. The smallest absolute Gasteiger partial charge is 0.177 e. The molecular formula is C12H6N6. The summed E-state index contributed by atoms with van der Waals surface area (Å²) in [5, 5.41) is 18.0. The zero-order valence-corrected chi connectivity index (χ0v) is 9.15. The summed E-state index contributed by atoms with van der Waals surface area (Å²) in [5.74, 6) is 0.718. The van der Waals surface area contributed by atoms with Crippen LogP contribution in [-0.2, 0) is 0 Å². The maximum absolute atomic E-state index is 9.12. The fourth-order valence-corrected chi connectivity index (χ4v) is 1.84. The van der Waals surface area contributed by atoms with E-state index in [1.54, 1.807) is 17.0 Å². The molecule has 0 amide bonds. The summed E-state index contributed by atoms with van der Waals surface area (Å²) in [4.78, 5) is 8.09. The van der Waals surface area contributed by atoms with Gasteiger partial charge in [-0.2, -0.15) is 10.5 Å². The van der Waals surface area contributed by atoms with Gasteiger partial charge in [-0.1, -0.05) is 6.07 Å². The average Bonchev–Trinajstić information content (AvgIpc) is 3.03. The first-order valence-electron chi connectivity index (χ1n) is 5.15. The van der Waals surface area contributed by atoms with Gasteiger partial charge in [-0.15, -0.1) is 0 Å². The molecule has 6 heteroatoms. The summed E-state index contributed by atoms with van der Waals surface area (Å²) in [5.41, 5.74) is 1.11. The van der Waals surface area contributed by atoms with E-state index in [1.807, 2.05) is 34.7 Å². The second-order valence-electron chi connectivity index (χ2n) is 3.57. The van der Waals surface area contributed by atoms with E-state index in [0.29, 0.717) is 0 Å². The van der Waals surface area contributed by atoms with E-state index in [4.69, 9.17) is 10.5 Å². The first-order chi connectivity index (χ1) is 8.85. The Morgan fingerprint density at radius 3 is 2.78 bits per heavy atom. The standard InChI is InChI=1S/C12H6N6/c13-6-9-10(7-14)18(8-16-9)12-3-1-2-11-15-4-5-17(11)12/h1-5,8H. The lowest BCUT2D eigenvalue weighted by Crippen LogP contribution is -2.02. The molecule has 0 spiro atoms. The van der Waals surface area contributed by atoms with Crippen molar-refractivity contribution in [3.63, 3.8) is 0 Å². The Balaban J connectivity index is 2.34.